The van der Waals surface area contributed by atoms with E-state index in [9.17, 15) is 76.6 Å². The van der Waals surface area contributed by atoms with Crippen LogP contribution in [0.25, 0.3) is 0 Å². The Labute approximate surface area is 439 Å². The van der Waals surface area contributed by atoms with E-state index in [1.807, 2.05) is 20.8 Å². The highest BCUT2D eigenvalue weighted by atomic mass is 16.8. The van der Waals surface area contributed by atoms with Crippen LogP contribution in [-0.4, -0.2) is 262 Å². The summed E-state index contributed by atoms with van der Waals surface area (Å²) in [4.78, 5) is 0. The quantitative estimate of drug-likeness (QED) is 0.0911. The smallest absolute Gasteiger partial charge is 0.200 e. The molecule has 6 aliphatic heterocycles. The zero-order valence-electron chi connectivity index (χ0n) is 43.5. The minimum absolute atomic E-state index is 0.0527. The molecule has 0 aromatic carbocycles. The lowest BCUT2D eigenvalue weighted by Crippen LogP contribution is -2.67. The van der Waals surface area contributed by atoms with Crippen LogP contribution in [0.15, 0.2) is 11.6 Å². The largest absolute Gasteiger partial charge is 0.394 e. The van der Waals surface area contributed by atoms with Crippen LogP contribution >= 0.6 is 0 Å². The van der Waals surface area contributed by atoms with Gasteiger partial charge in [-0.1, -0.05) is 39.3 Å². The summed E-state index contributed by atoms with van der Waals surface area (Å²) in [6.45, 7) is 9.37. The Hall–Kier alpha value is -1.26. The molecule has 25 heteroatoms. The monoisotopic (exact) mass is 1090 g/mol. The average Bonchev–Trinajstić information content (AvgIpc) is 3.92. The van der Waals surface area contributed by atoms with Crippen LogP contribution < -0.4 is 0 Å². The van der Waals surface area contributed by atoms with Gasteiger partial charge < -0.3 is 124 Å². The molecule has 25 nitrogen and oxygen atoms in total. The van der Waals surface area contributed by atoms with E-state index in [0.29, 0.717) is 19.3 Å². The number of rotatable bonds is 10. The minimum Gasteiger partial charge on any atom is -0.394 e. The maximum absolute atomic E-state index is 12.7. The van der Waals surface area contributed by atoms with Gasteiger partial charge in [-0.25, -0.2) is 0 Å². The Morgan fingerprint density at radius 3 is 1.79 bits per heavy atom. The lowest BCUT2D eigenvalue weighted by atomic mass is 9.45. The van der Waals surface area contributed by atoms with E-state index in [4.69, 9.17) is 47.4 Å². The first-order valence-corrected chi connectivity index (χ1v) is 27.1. The summed E-state index contributed by atoms with van der Waals surface area (Å²) < 4.78 is 61.8. The Morgan fingerprint density at radius 2 is 1.13 bits per heavy atom. The molecular formula is C51H82O25. The summed E-state index contributed by atoms with van der Waals surface area (Å²) in [5, 5.41) is 165. The summed E-state index contributed by atoms with van der Waals surface area (Å²) in [7, 11) is 0. The maximum Gasteiger partial charge on any atom is 0.200 e. The molecule has 76 heavy (non-hydrogen) atoms. The van der Waals surface area contributed by atoms with Crippen molar-refractivity contribution in [3.8, 4) is 0 Å². The van der Waals surface area contributed by atoms with Crippen molar-refractivity contribution in [1.29, 1.82) is 0 Å². The van der Waals surface area contributed by atoms with E-state index in [1.54, 1.807) is 6.92 Å². The van der Waals surface area contributed by atoms with Crippen LogP contribution in [0, 0.1) is 46.3 Å². The first-order valence-electron chi connectivity index (χ1n) is 27.1. The van der Waals surface area contributed by atoms with E-state index in [0.717, 1.165) is 5.57 Å². The molecule has 3 unspecified atom stereocenters. The molecule has 10 rings (SSSR count). The number of aliphatic hydroxyl groups is 15. The molecule has 0 aromatic heterocycles. The molecule has 0 radical (unpaired) electrons. The molecule has 4 aliphatic carbocycles. The lowest BCUT2D eigenvalue weighted by molar-refractivity contribution is -0.388. The summed E-state index contributed by atoms with van der Waals surface area (Å²) in [5.41, 5.74) is -0.788. The molecule has 9 fully saturated rings. The third kappa shape index (κ3) is 9.11. The van der Waals surface area contributed by atoms with Crippen LogP contribution in [0.5, 0.6) is 0 Å². The van der Waals surface area contributed by atoms with Gasteiger partial charge >= 0.3 is 0 Å². The van der Waals surface area contributed by atoms with Gasteiger partial charge in [0.15, 0.2) is 30.9 Å². The average molecular weight is 1100 g/mol. The predicted octanol–water partition coefficient (Wildman–Crippen LogP) is -5.05. The van der Waals surface area contributed by atoms with Gasteiger partial charge in [-0.05, 0) is 57.3 Å². The standard InChI is InChI=1S/C51H82O25/c1-16-15-67-51(44(66)41(16)73-45-38(63)35(60)31(56)18(3)68-45)17(2)30-25(76-51)11-23-22-8-7-20-9-21(54)10-29(49(20,5)24(22)12-28(55)50(23,30)6)72-48-43(37(62)34(59)27(14-53)71-48)75-47-40(65)42(32(57)19(4)69-47)74-46-39(64)36(61)33(58)26(13-52)70-46/h7,16-19,21-48,52-66H,8-15H2,1-6H3/t16-,17?,18-,19+,21-,22+,23+,24+,25?,26-,27-,28-,29-,30?,31+,32+,33-,34-,35-,36+,37+,38-,39-,40-,41+,42-,43-,44+,45+,46+,47+,48+,49+,50-,51+/m1/s1. The Balaban J connectivity index is 0.884. The van der Waals surface area contributed by atoms with Gasteiger partial charge in [0, 0.05) is 35.0 Å². The SMILES string of the molecule is CC1C2C(C[C@H]3[C@@H]4CC=C5C[C@@H](O)C[C@@H](O[C@@H]6O[C@H](CO)[C@@H](O)[C@H](O)[C@H]6O[C@@H]6O[C@@H](C)[C@H](O)[C@@H](O[C@@H]7O[C@H](CO)[C@@H](O)[C@H](O)[C@H]7O)[C@H]6O)[C@]5(C)[C@H]4C[C@@H](O)[C@]23C)O[C@@]12OC[C@@H](C)[C@H](O[C@@H]1O[C@H](C)[C@H](O)[C@@H](O)[C@H]1O)[C@@H]2O. The van der Waals surface area contributed by atoms with Crippen molar-refractivity contribution in [2.75, 3.05) is 19.8 Å². The minimum atomic E-state index is -1.93. The van der Waals surface area contributed by atoms with Crippen molar-refractivity contribution in [3.63, 3.8) is 0 Å². The van der Waals surface area contributed by atoms with E-state index in [2.05, 4.69) is 13.0 Å². The normalized spacial score (nSPS) is 59.3. The van der Waals surface area contributed by atoms with Crippen LogP contribution in [0.3, 0.4) is 0 Å². The summed E-state index contributed by atoms with van der Waals surface area (Å²) >= 11 is 0. The Morgan fingerprint density at radius 1 is 0.566 bits per heavy atom. The molecule has 436 valence electrons. The summed E-state index contributed by atoms with van der Waals surface area (Å²) in [5.74, 6) is -3.25. The van der Waals surface area contributed by atoms with Crippen molar-refractivity contribution in [2.45, 2.75) is 239 Å². The van der Waals surface area contributed by atoms with Crippen LogP contribution in [-0.2, 0) is 47.4 Å². The molecule has 6 saturated heterocycles. The molecule has 0 bridgehead atoms. The lowest BCUT2D eigenvalue weighted by Gasteiger charge is -2.62. The maximum atomic E-state index is 12.7. The van der Waals surface area contributed by atoms with Gasteiger partial charge in [0.25, 0.3) is 0 Å². The van der Waals surface area contributed by atoms with Crippen LogP contribution in [0.1, 0.15) is 73.6 Å². The predicted molar refractivity (Wildman–Crippen MR) is 251 cm³/mol. The van der Waals surface area contributed by atoms with Crippen LogP contribution in [0.2, 0.25) is 0 Å². The second kappa shape index (κ2) is 21.5. The van der Waals surface area contributed by atoms with Crippen LogP contribution in [0.4, 0.5) is 0 Å². The number of allylic oxidation sites excluding steroid dienone is 1. The third-order valence-electron chi connectivity index (χ3n) is 20.1. The molecule has 15 N–H and O–H groups in total. The van der Waals surface area contributed by atoms with Gasteiger partial charge in [-0.15, -0.1) is 0 Å². The second-order valence-corrected chi connectivity index (χ2v) is 24.2. The van der Waals surface area contributed by atoms with Gasteiger partial charge in [0.05, 0.1) is 62.5 Å². The van der Waals surface area contributed by atoms with Crippen molar-refractivity contribution < 1.29 is 124 Å². The molecular weight excluding hydrogens is 1010 g/mol. The first kappa shape index (κ1) is 58.0. The van der Waals surface area contributed by atoms with Crippen molar-refractivity contribution >= 4 is 0 Å². The van der Waals surface area contributed by atoms with Crippen molar-refractivity contribution in [2.24, 2.45) is 46.3 Å². The third-order valence-corrected chi connectivity index (χ3v) is 20.1. The number of ether oxygens (including phenoxy) is 10. The fourth-order valence-electron chi connectivity index (χ4n) is 15.7. The summed E-state index contributed by atoms with van der Waals surface area (Å²) in [6.07, 6.45) is -33.5. The zero-order valence-corrected chi connectivity index (χ0v) is 43.5. The highest BCUT2D eigenvalue weighted by molar-refractivity contribution is 5.30. The van der Waals surface area contributed by atoms with Gasteiger partial charge in [0.1, 0.15) is 91.6 Å². The highest BCUT2D eigenvalue weighted by Gasteiger charge is 2.74. The summed E-state index contributed by atoms with van der Waals surface area (Å²) in [6, 6.07) is 0. The van der Waals surface area contributed by atoms with Gasteiger partial charge in [-0.3, -0.25) is 0 Å². The molecule has 1 spiro atoms. The highest BCUT2D eigenvalue weighted by Crippen LogP contribution is 2.71. The van der Waals surface area contributed by atoms with Crippen molar-refractivity contribution in [1.82, 2.24) is 0 Å². The van der Waals surface area contributed by atoms with Gasteiger partial charge in [-0.2, -0.15) is 0 Å². The fourth-order valence-corrected chi connectivity index (χ4v) is 15.7. The number of hydrogen-bond acceptors (Lipinski definition) is 25. The first-order chi connectivity index (χ1) is 35.8. The Bertz CT molecular complexity index is 2060. The second-order valence-electron chi connectivity index (χ2n) is 24.2. The number of fused-ring (bicyclic) bond motifs is 7. The Kier molecular flexibility index (Phi) is 16.4. The number of aliphatic hydroxyl groups excluding tert-OH is 15. The zero-order chi connectivity index (χ0) is 55.0. The molecule has 35 atom stereocenters. The molecule has 10 aliphatic rings. The van der Waals surface area contributed by atoms with Crippen molar-refractivity contribution in [3.05, 3.63) is 11.6 Å². The fraction of sp³-hybridized carbons (Fsp3) is 0.961. The van der Waals surface area contributed by atoms with E-state index < -0.39 is 201 Å². The molecule has 0 aromatic rings. The van der Waals surface area contributed by atoms with E-state index in [1.165, 1.54) is 6.92 Å². The molecule has 0 amide bonds. The number of hydrogen-bond donors (Lipinski definition) is 15. The van der Waals surface area contributed by atoms with E-state index >= 15 is 0 Å². The van der Waals surface area contributed by atoms with E-state index in [-0.39, 0.29) is 43.1 Å². The van der Waals surface area contributed by atoms with Gasteiger partial charge in [0.2, 0.25) is 0 Å². The molecule has 3 saturated carbocycles. The molecule has 6 heterocycles. The topological polar surface area (TPSA) is 396 Å².